The second-order valence-corrected chi connectivity index (χ2v) is 5.64. The average Bonchev–Trinajstić information content (AvgIpc) is 2.61. The number of nitrogens with one attached hydrogen (secondary N) is 1. The number of aromatic nitrogens is 1. The summed E-state index contributed by atoms with van der Waals surface area (Å²) in [6, 6.07) is 2.33. The molecular formula is C13H19Cl2N3. The summed E-state index contributed by atoms with van der Waals surface area (Å²) in [7, 11) is 2.15. The van der Waals surface area contributed by atoms with E-state index in [2.05, 4.69) is 22.2 Å². The van der Waals surface area contributed by atoms with E-state index >= 15 is 0 Å². The Labute approximate surface area is 118 Å². The molecule has 0 spiro atoms. The number of pyridine rings is 1. The number of hydrogen-bond donors (Lipinski definition) is 1. The van der Waals surface area contributed by atoms with Gasteiger partial charge in [0, 0.05) is 29.4 Å². The Hall–Kier alpha value is -0.350. The van der Waals surface area contributed by atoms with Gasteiger partial charge in [0.25, 0.3) is 0 Å². The summed E-state index contributed by atoms with van der Waals surface area (Å²) in [5, 5.41) is 4.58. The van der Waals surface area contributed by atoms with Crippen LogP contribution in [0, 0.1) is 0 Å². The Kier molecular flexibility index (Phi) is 5.25. The van der Waals surface area contributed by atoms with Crippen molar-refractivity contribution in [2.24, 2.45) is 0 Å². The highest BCUT2D eigenvalue weighted by Gasteiger charge is 2.17. The minimum Gasteiger partial charge on any atom is -0.317 e. The number of rotatable bonds is 3. The van der Waals surface area contributed by atoms with Crippen LogP contribution in [0.5, 0.6) is 0 Å². The summed E-state index contributed by atoms with van der Waals surface area (Å²) in [6.45, 7) is 3.06. The van der Waals surface area contributed by atoms with Gasteiger partial charge in [-0.25, -0.2) is 4.98 Å². The molecule has 1 unspecified atom stereocenters. The van der Waals surface area contributed by atoms with Crippen molar-refractivity contribution in [1.29, 1.82) is 0 Å². The van der Waals surface area contributed by atoms with E-state index in [0.717, 1.165) is 25.2 Å². The fraction of sp³-hybridized carbons (Fsp3) is 0.615. The third kappa shape index (κ3) is 3.82. The highest BCUT2D eigenvalue weighted by molar-refractivity contribution is 6.34. The van der Waals surface area contributed by atoms with Crippen LogP contribution in [-0.2, 0) is 6.54 Å². The van der Waals surface area contributed by atoms with Crippen molar-refractivity contribution in [2.45, 2.75) is 31.8 Å². The zero-order valence-corrected chi connectivity index (χ0v) is 12.1. The first-order valence-electron chi connectivity index (χ1n) is 6.37. The SMILES string of the molecule is CN(Cc1cnc(Cl)cc1Cl)C1CCCNCC1. The van der Waals surface area contributed by atoms with Crippen molar-refractivity contribution < 1.29 is 0 Å². The van der Waals surface area contributed by atoms with Gasteiger partial charge >= 0.3 is 0 Å². The molecule has 0 saturated carbocycles. The second kappa shape index (κ2) is 6.71. The van der Waals surface area contributed by atoms with E-state index in [1.807, 2.05) is 0 Å². The second-order valence-electron chi connectivity index (χ2n) is 4.85. The summed E-state index contributed by atoms with van der Waals surface area (Å²) in [4.78, 5) is 6.46. The summed E-state index contributed by atoms with van der Waals surface area (Å²) in [5.74, 6) is 0. The van der Waals surface area contributed by atoms with Crippen LogP contribution in [0.3, 0.4) is 0 Å². The third-order valence-electron chi connectivity index (χ3n) is 3.48. The molecule has 0 amide bonds. The first-order valence-corrected chi connectivity index (χ1v) is 7.13. The van der Waals surface area contributed by atoms with Crippen molar-refractivity contribution in [3.05, 3.63) is 28.0 Å². The van der Waals surface area contributed by atoms with Crippen LogP contribution in [0.1, 0.15) is 24.8 Å². The maximum atomic E-state index is 6.18. The normalized spacial score (nSPS) is 21.0. The van der Waals surface area contributed by atoms with E-state index in [1.165, 1.54) is 19.3 Å². The molecule has 3 nitrogen and oxygen atoms in total. The Balaban J connectivity index is 1.98. The Morgan fingerprint density at radius 3 is 3.00 bits per heavy atom. The summed E-state index contributed by atoms with van der Waals surface area (Å²) in [5.41, 5.74) is 1.04. The van der Waals surface area contributed by atoms with E-state index in [9.17, 15) is 0 Å². The molecule has 2 heterocycles. The topological polar surface area (TPSA) is 28.2 Å². The zero-order chi connectivity index (χ0) is 13.0. The van der Waals surface area contributed by atoms with Crippen LogP contribution in [-0.4, -0.2) is 36.1 Å². The molecule has 1 fully saturated rings. The lowest BCUT2D eigenvalue weighted by Crippen LogP contribution is -2.32. The zero-order valence-electron chi connectivity index (χ0n) is 10.6. The van der Waals surface area contributed by atoms with Gasteiger partial charge in [0.1, 0.15) is 5.15 Å². The summed E-state index contributed by atoms with van der Waals surface area (Å²) in [6.07, 6.45) is 5.44. The molecule has 1 aliphatic rings. The molecule has 5 heteroatoms. The van der Waals surface area contributed by atoms with Gasteiger partial charge in [-0.05, 0) is 45.5 Å². The predicted octanol–water partition coefficient (Wildman–Crippen LogP) is 2.96. The molecule has 0 bridgehead atoms. The average molecular weight is 288 g/mol. The lowest BCUT2D eigenvalue weighted by molar-refractivity contribution is 0.216. The van der Waals surface area contributed by atoms with Crippen LogP contribution >= 0.6 is 23.2 Å². The van der Waals surface area contributed by atoms with Crippen molar-refractivity contribution in [1.82, 2.24) is 15.2 Å². The standard InChI is InChI=1S/C13H19Cl2N3/c1-18(11-3-2-5-16-6-4-11)9-10-8-17-13(15)7-12(10)14/h7-8,11,16H,2-6,9H2,1H3. The summed E-state index contributed by atoms with van der Waals surface area (Å²) >= 11 is 12.0. The van der Waals surface area contributed by atoms with Crippen molar-refractivity contribution >= 4 is 23.2 Å². The largest absolute Gasteiger partial charge is 0.317 e. The van der Waals surface area contributed by atoms with E-state index in [-0.39, 0.29) is 0 Å². The van der Waals surface area contributed by atoms with Gasteiger partial charge in [-0.1, -0.05) is 23.2 Å². The molecule has 0 radical (unpaired) electrons. The maximum absolute atomic E-state index is 6.18. The Bertz CT molecular complexity index is 390. The molecule has 1 aliphatic heterocycles. The van der Waals surface area contributed by atoms with Gasteiger partial charge < -0.3 is 5.32 Å². The first-order chi connectivity index (χ1) is 8.66. The number of nitrogens with zero attached hydrogens (tertiary/aromatic N) is 2. The van der Waals surface area contributed by atoms with Gasteiger partial charge in [-0.2, -0.15) is 0 Å². The highest BCUT2D eigenvalue weighted by Crippen LogP contribution is 2.22. The van der Waals surface area contributed by atoms with Crippen LogP contribution in [0.15, 0.2) is 12.3 Å². The molecule has 0 aliphatic carbocycles. The van der Waals surface area contributed by atoms with Crippen molar-refractivity contribution in [3.63, 3.8) is 0 Å². The van der Waals surface area contributed by atoms with Crippen LogP contribution in [0.2, 0.25) is 10.2 Å². The van der Waals surface area contributed by atoms with E-state index in [1.54, 1.807) is 12.3 Å². The molecule has 1 aromatic rings. The first kappa shape index (κ1) is 14.1. The summed E-state index contributed by atoms with van der Waals surface area (Å²) < 4.78 is 0. The minimum absolute atomic E-state index is 0.449. The van der Waals surface area contributed by atoms with Crippen molar-refractivity contribution in [2.75, 3.05) is 20.1 Å². The lowest BCUT2D eigenvalue weighted by atomic mass is 10.1. The molecule has 100 valence electrons. The molecule has 0 aromatic carbocycles. The van der Waals surface area contributed by atoms with Crippen LogP contribution < -0.4 is 5.32 Å². The molecule has 1 aromatic heterocycles. The molecule has 1 N–H and O–H groups in total. The monoisotopic (exact) mass is 287 g/mol. The Morgan fingerprint density at radius 2 is 2.22 bits per heavy atom. The molecular weight excluding hydrogens is 269 g/mol. The van der Waals surface area contributed by atoms with Gasteiger partial charge in [0.2, 0.25) is 0 Å². The number of halogens is 2. The molecule has 1 atom stereocenters. The highest BCUT2D eigenvalue weighted by atomic mass is 35.5. The third-order valence-corrected chi connectivity index (χ3v) is 4.04. The van der Waals surface area contributed by atoms with E-state index < -0.39 is 0 Å². The minimum atomic E-state index is 0.449. The number of hydrogen-bond acceptors (Lipinski definition) is 3. The van der Waals surface area contributed by atoms with E-state index in [4.69, 9.17) is 23.2 Å². The fourth-order valence-corrected chi connectivity index (χ4v) is 2.82. The molecule has 1 saturated heterocycles. The molecule has 2 rings (SSSR count). The quantitative estimate of drug-likeness (QED) is 0.867. The van der Waals surface area contributed by atoms with Gasteiger partial charge in [0.05, 0.1) is 0 Å². The van der Waals surface area contributed by atoms with Gasteiger partial charge in [-0.3, -0.25) is 4.90 Å². The molecule has 18 heavy (non-hydrogen) atoms. The van der Waals surface area contributed by atoms with Crippen LogP contribution in [0.25, 0.3) is 0 Å². The lowest BCUT2D eigenvalue weighted by Gasteiger charge is -2.27. The van der Waals surface area contributed by atoms with Crippen LogP contribution in [0.4, 0.5) is 0 Å². The maximum Gasteiger partial charge on any atom is 0.130 e. The van der Waals surface area contributed by atoms with E-state index in [0.29, 0.717) is 16.2 Å². The van der Waals surface area contributed by atoms with Gasteiger partial charge in [0.15, 0.2) is 0 Å². The fourth-order valence-electron chi connectivity index (χ4n) is 2.39. The van der Waals surface area contributed by atoms with Crippen molar-refractivity contribution in [3.8, 4) is 0 Å². The Morgan fingerprint density at radius 1 is 1.39 bits per heavy atom. The van der Waals surface area contributed by atoms with Gasteiger partial charge in [-0.15, -0.1) is 0 Å². The smallest absolute Gasteiger partial charge is 0.130 e. The predicted molar refractivity (Wildman–Crippen MR) is 76.2 cm³/mol.